The molecule has 162 valence electrons. The zero-order valence-corrected chi connectivity index (χ0v) is 17.9. The fraction of sp³-hybridized carbons (Fsp3) is 0.333. The van der Waals surface area contributed by atoms with Crippen LogP contribution in [0.15, 0.2) is 60.7 Å². The highest BCUT2D eigenvalue weighted by Crippen LogP contribution is 2.24. The molecule has 1 unspecified atom stereocenters. The van der Waals surface area contributed by atoms with E-state index in [0.29, 0.717) is 5.56 Å². The molecule has 2 rings (SSSR count). The Morgan fingerprint density at radius 3 is 2.13 bits per heavy atom. The third-order valence-corrected chi connectivity index (χ3v) is 5.79. The Bertz CT molecular complexity index is 936. The highest BCUT2D eigenvalue weighted by atomic mass is 32.2. The van der Waals surface area contributed by atoms with Crippen molar-refractivity contribution < 1.29 is 23.1 Å². The zero-order chi connectivity index (χ0) is 22.1. The number of likely N-dealkylation sites (N-methyl/N-ethyl adjacent to an activating group) is 1. The van der Waals surface area contributed by atoms with Crippen molar-refractivity contribution in [3.8, 4) is 0 Å². The van der Waals surface area contributed by atoms with Gasteiger partial charge in [-0.3, -0.25) is 9.59 Å². The molecular formula is C21H27N3O5S. The average molecular weight is 434 g/mol. The van der Waals surface area contributed by atoms with Gasteiger partial charge in [-0.1, -0.05) is 60.7 Å². The molecule has 0 heterocycles. The van der Waals surface area contributed by atoms with Gasteiger partial charge >= 0.3 is 0 Å². The molecule has 9 heteroatoms. The van der Waals surface area contributed by atoms with Gasteiger partial charge in [-0.25, -0.2) is 8.42 Å². The molecule has 2 N–H and O–H groups in total. The van der Waals surface area contributed by atoms with Crippen molar-refractivity contribution in [2.45, 2.75) is 12.6 Å². The number of sulfonamides is 1. The number of rotatable bonds is 10. The normalized spacial score (nSPS) is 12.4. The van der Waals surface area contributed by atoms with E-state index in [-0.39, 0.29) is 19.7 Å². The highest BCUT2D eigenvalue weighted by Gasteiger charge is 2.32. The second-order valence-electron chi connectivity index (χ2n) is 6.85. The van der Waals surface area contributed by atoms with Gasteiger partial charge in [-0.2, -0.15) is 4.31 Å². The molecule has 2 aromatic rings. The lowest BCUT2D eigenvalue weighted by molar-refractivity contribution is -0.141. The van der Waals surface area contributed by atoms with Crippen LogP contribution in [0.5, 0.6) is 0 Å². The Morgan fingerprint density at radius 2 is 1.60 bits per heavy atom. The van der Waals surface area contributed by atoms with Crippen molar-refractivity contribution in [1.82, 2.24) is 14.5 Å². The molecule has 0 aliphatic carbocycles. The van der Waals surface area contributed by atoms with Crippen LogP contribution in [0.1, 0.15) is 17.2 Å². The number of amides is 2. The minimum atomic E-state index is -3.58. The van der Waals surface area contributed by atoms with E-state index in [1.807, 2.05) is 30.3 Å². The van der Waals surface area contributed by atoms with Gasteiger partial charge in [0.25, 0.3) is 0 Å². The molecule has 0 aromatic heterocycles. The lowest BCUT2D eigenvalue weighted by atomic mass is 10.0. The van der Waals surface area contributed by atoms with E-state index in [4.69, 9.17) is 5.11 Å². The molecule has 0 aliphatic rings. The lowest BCUT2D eigenvalue weighted by Gasteiger charge is -2.32. The van der Waals surface area contributed by atoms with Crippen molar-refractivity contribution in [2.75, 3.05) is 33.0 Å². The molecule has 0 spiro atoms. The van der Waals surface area contributed by atoms with Crippen LogP contribution in [0.2, 0.25) is 0 Å². The summed E-state index contributed by atoms with van der Waals surface area (Å²) in [5, 5.41) is 11.7. The first kappa shape index (κ1) is 23.5. The first-order valence-corrected chi connectivity index (χ1v) is 11.3. The maximum absolute atomic E-state index is 13.2. The van der Waals surface area contributed by atoms with Crippen molar-refractivity contribution in [1.29, 1.82) is 0 Å². The van der Waals surface area contributed by atoms with Gasteiger partial charge in [0.15, 0.2) is 0 Å². The number of aliphatic hydroxyl groups is 1. The van der Waals surface area contributed by atoms with Crippen molar-refractivity contribution in [3.63, 3.8) is 0 Å². The molecule has 30 heavy (non-hydrogen) atoms. The van der Waals surface area contributed by atoms with Crippen LogP contribution in [0.25, 0.3) is 0 Å². The van der Waals surface area contributed by atoms with Crippen LogP contribution < -0.4 is 5.32 Å². The molecule has 0 fully saturated rings. The molecule has 0 bridgehead atoms. The second kappa shape index (κ2) is 10.9. The number of nitrogens with one attached hydrogen (secondary N) is 1. The standard InChI is InChI=1S/C21H27N3O5S/c1-23(30(2,28)29)16-19(26)24(15-17-9-5-3-6-10-17)20(21(27)22-13-14-25)18-11-7-4-8-12-18/h3-12,20,25H,13-16H2,1-2H3,(H,22,27). The van der Waals surface area contributed by atoms with Gasteiger partial charge in [-0.15, -0.1) is 0 Å². The summed E-state index contributed by atoms with van der Waals surface area (Å²) >= 11 is 0. The lowest BCUT2D eigenvalue weighted by Crippen LogP contribution is -2.47. The molecule has 1 atom stereocenters. The summed E-state index contributed by atoms with van der Waals surface area (Å²) in [6.07, 6.45) is 1.02. The van der Waals surface area contributed by atoms with Crippen LogP contribution in [0.3, 0.4) is 0 Å². The summed E-state index contributed by atoms with van der Waals surface area (Å²) in [6.45, 7) is -0.485. The first-order valence-electron chi connectivity index (χ1n) is 9.42. The third kappa shape index (κ3) is 6.65. The topological polar surface area (TPSA) is 107 Å². The number of nitrogens with zero attached hydrogens (tertiary/aromatic N) is 2. The molecule has 0 aliphatic heterocycles. The third-order valence-electron chi connectivity index (χ3n) is 4.53. The SMILES string of the molecule is CN(CC(=O)N(Cc1ccccc1)C(C(=O)NCCO)c1ccccc1)S(C)(=O)=O. The summed E-state index contributed by atoms with van der Waals surface area (Å²) in [7, 11) is -2.26. The molecule has 2 aromatic carbocycles. The molecule has 0 radical (unpaired) electrons. The minimum Gasteiger partial charge on any atom is -0.395 e. The van der Waals surface area contributed by atoms with E-state index in [9.17, 15) is 18.0 Å². The minimum absolute atomic E-state index is 0.0405. The van der Waals surface area contributed by atoms with Gasteiger partial charge in [0, 0.05) is 20.1 Å². The number of hydrogen-bond acceptors (Lipinski definition) is 5. The number of benzene rings is 2. The van der Waals surface area contributed by atoms with E-state index >= 15 is 0 Å². The van der Waals surface area contributed by atoms with Crippen LogP contribution in [0.4, 0.5) is 0 Å². The van der Waals surface area contributed by atoms with Gasteiger partial charge in [0.2, 0.25) is 21.8 Å². The Labute approximate surface area is 177 Å². The second-order valence-corrected chi connectivity index (χ2v) is 8.94. The van der Waals surface area contributed by atoms with Crippen LogP contribution in [-0.2, 0) is 26.2 Å². The molecule has 0 saturated carbocycles. The Kier molecular flexibility index (Phi) is 8.52. The summed E-state index contributed by atoms with van der Waals surface area (Å²) in [4.78, 5) is 27.5. The largest absolute Gasteiger partial charge is 0.395 e. The first-order chi connectivity index (χ1) is 14.2. The number of hydrogen-bond donors (Lipinski definition) is 2. The number of aliphatic hydroxyl groups excluding tert-OH is 1. The van der Waals surface area contributed by atoms with Gasteiger partial charge in [-0.05, 0) is 11.1 Å². The van der Waals surface area contributed by atoms with E-state index in [1.54, 1.807) is 30.3 Å². The molecular weight excluding hydrogens is 406 g/mol. The van der Waals surface area contributed by atoms with E-state index in [2.05, 4.69) is 5.32 Å². The summed E-state index contributed by atoms with van der Waals surface area (Å²) in [6, 6.07) is 16.9. The van der Waals surface area contributed by atoms with Crippen LogP contribution >= 0.6 is 0 Å². The zero-order valence-electron chi connectivity index (χ0n) is 17.1. The Morgan fingerprint density at radius 1 is 1.03 bits per heavy atom. The van der Waals surface area contributed by atoms with E-state index < -0.39 is 34.4 Å². The summed E-state index contributed by atoms with van der Waals surface area (Å²) < 4.78 is 24.6. The Hall–Kier alpha value is -2.75. The summed E-state index contributed by atoms with van der Waals surface area (Å²) in [5.41, 5.74) is 1.38. The van der Waals surface area contributed by atoms with Gasteiger partial charge in [0.1, 0.15) is 6.04 Å². The predicted octanol–water partition coefficient (Wildman–Crippen LogP) is 0.756. The predicted molar refractivity (Wildman–Crippen MR) is 114 cm³/mol. The monoisotopic (exact) mass is 433 g/mol. The molecule has 0 saturated heterocycles. The van der Waals surface area contributed by atoms with Gasteiger partial charge < -0.3 is 15.3 Å². The summed E-state index contributed by atoms with van der Waals surface area (Å²) in [5.74, 6) is -0.971. The fourth-order valence-electron chi connectivity index (χ4n) is 2.89. The smallest absolute Gasteiger partial charge is 0.247 e. The average Bonchev–Trinajstić information content (AvgIpc) is 2.72. The fourth-order valence-corrected chi connectivity index (χ4v) is 3.23. The number of carbonyl (C=O) groups is 2. The maximum Gasteiger partial charge on any atom is 0.247 e. The van der Waals surface area contributed by atoms with Gasteiger partial charge in [0.05, 0.1) is 19.4 Å². The Balaban J connectivity index is 2.45. The quantitative estimate of drug-likeness (QED) is 0.575. The van der Waals surface area contributed by atoms with Crippen molar-refractivity contribution in [3.05, 3.63) is 71.8 Å². The van der Waals surface area contributed by atoms with Crippen LogP contribution in [-0.4, -0.2) is 67.5 Å². The van der Waals surface area contributed by atoms with E-state index in [0.717, 1.165) is 16.1 Å². The van der Waals surface area contributed by atoms with Crippen LogP contribution in [0, 0.1) is 0 Å². The number of carbonyl (C=O) groups excluding carboxylic acids is 2. The molecule has 2 amide bonds. The van der Waals surface area contributed by atoms with Crippen molar-refractivity contribution in [2.24, 2.45) is 0 Å². The molecule has 8 nitrogen and oxygen atoms in total. The van der Waals surface area contributed by atoms with E-state index in [1.165, 1.54) is 11.9 Å². The highest BCUT2D eigenvalue weighted by molar-refractivity contribution is 7.88. The van der Waals surface area contributed by atoms with Crippen molar-refractivity contribution >= 4 is 21.8 Å². The maximum atomic E-state index is 13.2.